The Morgan fingerprint density at radius 3 is 2.88 bits per heavy atom. The largest absolute Gasteiger partial charge is 0.336 e. The highest BCUT2D eigenvalue weighted by molar-refractivity contribution is 5.93. The summed E-state index contributed by atoms with van der Waals surface area (Å²) >= 11 is 0. The van der Waals surface area contributed by atoms with Crippen LogP contribution in [0.5, 0.6) is 0 Å². The van der Waals surface area contributed by atoms with Crippen LogP contribution in [0.1, 0.15) is 12.5 Å². The van der Waals surface area contributed by atoms with Crippen LogP contribution < -0.4 is 11.1 Å². The van der Waals surface area contributed by atoms with Crippen molar-refractivity contribution in [3.63, 3.8) is 0 Å². The van der Waals surface area contributed by atoms with Gasteiger partial charge in [-0.2, -0.15) is 0 Å². The van der Waals surface area contributed by atoms with Crippen LogP contribution in [-0.2, 0) is 16.1 Å². The molecule has 0 spiro atoms. The van der Waals surface area contributed by atoms with Crippen LogP contribution in [0, 0.1) is 0 Å². The van der Waals surface area contributed by atoms with E-state index in [1.807, 2.05) is 25.1 Å². The predicted molar refractivity (Wildman–Crippen MR) is 66.3 cm³/mol. The van der Waals surface area contributed by atoms with Crippen molar-refractivity contribution in [3.8, 4) is 0 Å². The molecule has 0 heterocycles. The van der Waals surface area contributed by atoms with Gasteiger partial charge in [0, 0.05) is 18.8 Å². The summed E-state index contributed by atoms with van der Waals surface area (Å²) in [6, 6.07) is 7.32. The number of nitrogens with one attached hydrogen (secondary N) is 1. The molecule has 92 valence electrons. The maximum atomic E-state index is 11.6. The van der Waals surface area contributed by atoms with E-state index in [0.717, 1.165) is 5.56 Å². The Labute approximate surface area is 101 Å². The summed E-state index contributed by atoms with van der Waals surface area (Å²) in [6.45, 7) is 2.82. The fraction of sp³-hybridized carbons (Fsp3) is 0.333. The van der Waals surface area contributed by atoms with Crippen molar-refractivity contribution in [2.45, 2.75) is 13.5 Å². The first-order valence-corrected chi connectivity index (χ1v) is 5.47. The first-order chi connectivity index (χ1) is 8.19. The molecule has 0 aromatic heterocycles. The predicted octanol–water partition coefficient (Wildman–Crippen LogP) is 0.562. The topological polar surface area (TPSA) is 75.4 Å². The van der Waals surface area contributed by atoms with Crippen molar-refractivity contribution in [2.75, 3.05) is 18.4 Å². The molecule has 1 aromatic carbocycles. The second-order valence-corrected chi connectivity index (χ2v) is 3.62. The van der Waals surface area contributed by atoms with E-state index in [0.29, 0.717) is 25.2 Å². The summed E-state index contributed by atoms with van der Waals surface area (Å²) in [6.07, 6.45) is 0.663. The van der Waals surface area contributed by atoms with Gasteiger partial charge < -0.3 is 16.0 Å². The van der Waals surface area contributed by atoms with Crippen molar-refractivity contribution >= 4 is 18.0 Å². The molecule has 1 rings (SSSR count). The Morgan fingerprint density at radius 2 is 2.29 bits per heavy atom. The fourth-order valence-corrected chi connectivity index (χ4v) is 1.38. The number of nitrogens with zero attached hydrogens (tertiary/aromatic N) is 1. The van der Waals surface area contributed by atoms with Crippen LogP contribution >= 0.6 is 0 Å². The molecule has 0 saturated heterocycles. The van der Waals surface area contributed by atoms with Crippen LogP contribution in [0.3, 0.4) is 0 Å². The lowest BCUT2D eigenvalue weighted by Gasteiger charge is -2.14. The van der Waals surface area contributed by atoms with E-state index < -0.39 is 0 Å². The third kappa shape index (κ3) is 4.24. The minimum absolute atomic E-state index is 0.0624. The van der Waals surface area contributed by atoms with Crippen molar-refractivity contribution in [1.82, 2.24) is 4.90 Å². The number of rotatable bonds is 6. The fourth-order valence-electron chi connectivity index (χ4n) is 1.38. The maximum Gasteiger partial charge on any atom is 0.243 e. The second kappa shape index (κ2) is 6.65. The zero-order valence-corrected chi connectivity index (χ0v) is 9.85. The Balaban J connectivity index is 2.58. The second-order valence-electron chi connectivity index (χ2n) is 3.62. The summed E-state index contributed by atoms with van der Waals surface area (Å²) in [4.78, 5) is 23.5. The Hall–Kier alpha value is -1.88. The van der Waals surface area contributed by atoms with Gasteiger partial charge in [0.15, 0.2) is 0 Å². The number of amides is 2. The minimum Gasteiger partial charge on any atom is -0.336 e. The monoisotopic (exact) mass is 235 g/mol. The van der Waals surface area contributed by atoms with Crippen LogP contribution in [0.15, 0.2) is 24.3 Å². The van der Waals surface area contributed by atoms with Gasteiger partial charge in [0.25, 0.3) is 0 Å². The summed E-state index contributed by atoms with van der Waals surface area (Å²) in [5, 5.41) is 2.72. The van der Waals surface area contributed by atoms with Gasteiger partial charge in [0.1, 0.15) is 0 Å². The average molecular weight is 235 g/mol. The molecule has 0 atom stereocenters. The van der Waals surface area contributed by atoms with E-state index in [1.54, 1.807) is 6.07 Å². The van der Waals surface area contributed by atoms with Crippen LogP contribution in [0.25, 0.3) is 0 Å². The number of carbonyl (C=O) groups excluding carboxylic acids is 2. The average Bonchev–Trinajstić information content (AvgIpc) is 2.36. The van der Waals surface area contributed by atoms with Gasteiger partial charge in [-0.15, -0.1) is 0 Å². The number of anilines is 1. The van der Waals surface area contributed by atoms with Gasteiger partial charge in [-0.25, -0.2) is 0 Å². The number of benzene rings is 1. The number of hydrogen-bond donors (Lipinski definition) is 2. The molecule has 2 amide bonds. The lowest BCUT2D eigenvalue weighted by Crippen LogP contribution is -2.32. The Morgan fingerprint density at radius 1 is 1.53 bits per heavy atom. The minimum atomic E-state index is -0.215. The molecule has 17 heavy (non-hydrogen) atoms. The maximum absolute atomic E-state index is 11.6. The third-order valence-corrected chi connectivity index (χ3v) is 2.35. The molecule has 5 heteroatoms. The highest BCUT2D eigenvalue weighted by atomic mass is 16.2. The number of hydrogen-bond acceptors (Lipinski definition) is 3. The van der Waals surface area contributed by atoms with Gasteiger partial charge in [0.2, 0.25) is 12.3 Å². The molecule has 0 bridgehead atoms. The summed E-state index contributed by atoms with van der Waals surface area (Å²) in [5.41, 5.74) is 7.15. The highest BCUT2D eigenvalue weighted by Gasteiger charge is 2.07. The zero-order valence-electron chi connectivity index (χ0n) is 9.85. The first kappa shape index (κ1) is 13.2. The van der Waals surface area contributed by atoms with Crippen LogP contribution in [0.2, 0.25) is 0 Å². The van der Waals surface area contributed by atoms with Gasteiger partial charge in [-0.3, -0.25) is 9.59 Å². The normalized spacial score (nSPS) is 9.76. The standard InChI is InChI=1S/C12H17N3O2/c1-2-15(9-16)8-12(17)14-11-5-3-4-10(6-11)7-13/h3-6,9H,2,7-8,13H2,1H3,(H,14,17). The number of carbonyl (C=O) groups is 2. The smallest absolute Gasteiger partial charge is 0.243 e. The molecule has 0 aliphatic carbocycles. The quantitative estimate of drug-likeness (QED) is 0.707. The van der Waals surface area contributed by atoms with E-state index in [1.165, 1.54) is 4.90 Å². The van der Waals surface area contributed by atoms with Gasteiger partial charge >= 0.3 is 0 Å². The van der Waals surface area contributed by atoms with Gasteiger partial charge in [-0.05, 0) is 24.6 Å². The molecule has 0 saturated carbocycles. The lowest BCUT2D eigenvalue weighted by atomic mass is 10.2. The van der Waals surface area contributed by atoms with E-state index in [9.17, 15) is 9.59 Å². The number of nitrogens with two attached hydrogens (primary N) is 1. The summed E-state index contributed by atoms with van der Waals surface area (Å²) in [5.74, 6) is -0.215. The summed E-state index contributed by atoms with van der Waals surface area (Å²) in [7, 11) is 0. The lowest BCUT2D eigenvalue weighted by molar-refractivity contribution is -0.124. The number of likely N-dealkylation sites (N-methyl/N-ethyl adjacent to an activating group) is 1. The van der Waals surface area contributed by atoms with E-state index in [2.05, 4.69) is 5.32 Å². The van der Waals surface area contributed by atoms with Crippen molar-refractivity contribution < 1.29 is 9.59 Å². The molecular weight excluding hydrogens is 218 g/mol. The first-order valence-electron chi connectivity index (χ1n) is 5.47. The molecule has 0 aliphatic heterocycles. The van der Waals surface area contributed by atoms with E-state index in [4.69, 9.17) is 5.73 Å². The molecule has 0 aliphatic rings. The van der Waals surface area contributed by atoms with E-state index >= 15 is 0 Å². The molecule has 0 fully saturated rings. The SMILES string of the molecule is CCN(C=O)CC(=O)Nc1cccc(CN)c1. The van der Waals surface area contributed by atoms with Crippen molar-refractivity contribution in [2.24, 2.45) is 5.73 Å². The van der Waals surface area contributed by atoms with Crippen molar-refractivity contribution in [3.05, 3.63) is 29.8 Å². The highest BCUT2D eigenvalue weighted by Crippen LogP contribution is 2.09. The van der Waals surface area contributed by atoms with Crippen LogP contribution in [-0.4, -0.2) is 30.3 Å². The van der Waals surface area contributed by atoms with Gasteiger partial charge in [0.05, 0.1) is 6.54 Å². The molecule has 0 radical (unpaired) electrons. The Kier molecular flexibility index (Phi) is 5.16. The molecule has 0 unspecified atom stereocenters. The molecule has 5 nitrogen and oxygen atoms in total. The molecular formula is C12H17N3O2. The molecule has 3 N–H and O–H groups in total. The van der Waals surface area contributed by atoms with Crippen LogP contribution in [0.4, 0.5) is 5.69 Å². The molecule has 1 aromatic rings. The van der Waals surface area contributed by atoms with Gasteiger partial charge in [-0.1, -0.05) is 12.1 Å². The van der Waals surface area contributed by atoms with Crippen molar-refractivity contribution in [1.29, 1.82) is 0 Å². The summed E-state index contributed by atoms with van der Waals surface area (Å²) < 4.78 is 0. The Bertz CT molecular complexity index is 393. The third-order valence-electron chi connectivity index (χ3n) is 2.35. The zero-order chi connectivity index (χ0) is 12.7. The van der Waals surface area contributed by atoms with E-state index in [-0.39, 0.29) is 12.5 Å².